The molecule has 122 valence electrons. The van der Waals surface area contributed by atoms with Gasteiger partial charge in [-0.05, 0) is 31.0 Å². The lowest BCUT2D eigenvalue weighted by molar-refractivity contribution is 0.119. The average Bonchev–Trinajstić information content (AvgIpc) is 2.51. The van der Waals surface area contributed by atoms with Crippen molar-refractivity contribution >= 4 is 10.0 Å². The van der Waals surface area contributed by atoms with Crippen molar-refractivity contribution < 1.29 is 17.9 Å². The van der Waals surface area contributed by atoms with Gasteiger partial charge in [-0.3, -0.25) is 0 Å². The number of nitrogens with zero attached hydrogens (tertiary/aromatic N) is 1. The SMILES string of the molecule is CCC(CC)(CO)CNS(=O)(=O)Cc1cc(C#N)ccc1F. The molecule has 2 N–H and O–H groups in total. The van der Waals surface area contributed by atoms with Crippen LogP contribution in [0.25, 0.3) is 0 Å². The minimum absolute atomic E-state index is 0.0471. The Balaban J connectivity index is 2.87. The number of sulfonamides is 1. The van der Waals surface area contributed by atoms with Crippen LogP contribution in [0.15, 0.2) is 18.2 Å². The monoisotopic (exact) mass is 328 g/mol. The van der Waals surface area contributed by atoms with Crippen LogP contribution >= 0.6 is 0 Å². The zero-order chi connectivity index (χ0) is 16.8. The smallest absolute Gasteiger partial charge is 0.215 e. The molecule has 1 rings (SSSR count). The highest BCUT2D eigenvalue weighted by Crippen LogP contribution is 2.25. The molecule has 0 unspecified atom stereocenters. The lowest BCUT2D eigenvalue weighted by Crippen LogP contribution is -2.39. The van der Waals surface area contributed by atoms with Crippen molar-refractivity contribution in [2.24, 2.45) is 5.41 Å². The maximum Gasteiger partial charge on any atom is 0.215 e. The molecule has 0 aliphatic heterocycles. The van der Waals surface area contributed by atoms with Crippen LogP contribution in [0.3, 0.4) is 0 Å². The van der Waals surface area contributed by atoms with Gasteiger partial charge in [-0.2, -0.15) is 5.26 Å². The van der Waals surface area contributed by atoms with Crippen molar-refractivity contribution in [3.63, 3.8) is 0 Å². The molecule has 0 aliphatic rings. The molecule has 1 aromatic rings. The van der Waals surface area contributed by atoms with Crippen LogP contribution in [0.2, 0.25) is 0 Å². The van der Waals surface area contributed by atoms with Crippen LogP contribution in [0.4, 0.5) is 4.39 Å². The zero-order valence-corrected chi connectivity index (χ0v) is 13.6. The van der Waals surface area contributed by atoms with Crippen molar-refractivity contribution in [1.29, 1.82) is 5.26 Å². The van der Waals surface area contributed by atoms with Gasteiger partial charge in [0, 0.05) is 24.1 Å². The molecule has 0 fully saturated rings. The van der Waals surface area contributed by atoms with Crippen molar-refractivity contribution in [2.45, 2.75) is 32.4 Å². The number of rotatable bonds is 8. The van der Waals surface area contributed by atoms with E-state index >= 15 is 0 Å². The number of aliphatic hydroxyl groups is 1. The quantitative estimate of drug-likeness (QED) is 0.763. The number of nitriles is 1. The van der Waals surface area contributed by atoms with Gasteiger partial charge in [0.2, 0.25) is 10.0 Å². The molecule has 0 bridgehead atoms. The largest absolute Gasteiger partial charge is 0.396 e. The minimum atomic E-state index is -3.76. The number of aliphatic hydroxyl groups excluding tert-OH is 1. The summed E-state index contributed by atoms with van der Waals surface area (Å²) in [4.78, 5) is 0. The summed E-state index contributed by atoms with van der Waals surface area (Å²) in [6.07, 6.45) is 1.25. The molecule has 0 amide bonds. The van der Waals surface area contributed by atoms with E-state index < -0.39 is 27.0 Å². The van der Waals surface area contributed by atoms with E-state index in [9.17, 15) is 17.9 Å². The zero-order valence-electron chi connectivity index (χ0n) is 12.8. The van der Waals surface area contributed by atoms with Gasteiger partial charge in [0.1, 0.15) is 5.82 Å². The lowest BCUT2D eigenvalue weighted by atomic mass is 9.84. The van der Waals surface area contributed by atoms with E-state index in [2.05, 4.69) is 4.72 Å². The third-order valence-electron chi connectivity index (χ3n) is 4.02. The summed E-state index contributed by atoms with van der Waals surface area (Å²) in [5.41, 5.74) is -0.354. The second kappa shape index (κ2) is 7.68. The molecule has 0 saturated carbocycles. The molecular weight excluding hydrogens is 307 g/mol. The van der Waals surface area contributed by atoms with Crippen molar-refractivity contribution in [2.75, 3.05) is 13.2 Å². The normalized spacial score (nSPS) is 12.1. The van der Waals surface area contributed by atoms with E-state index in [1.54, 1.807) is 0 Å². The summed E-state index contributed by atoms with van der Waals surface area (Å²) in [6.45, 7) is 3.73. The summed E-state index contributed by atoms with van der Waals surface area (Å²) < 4.78 is 40.3. The number of nitrogens with one attached hydrogen (secondary N) is 1. The molecule has 0 aliphatic carbocycles. The predicted octanol–water partition coefficient (Wildman–Crippen LogP) is 1.92. The van der Waals surface area contributed by atoms with Crippen LogP contribution in [-0.2, 0) is 15.8 Å². The Hall–Kier alpha value is -1.49. The molecule has 0 saturated heterocycles. The number of hydrogen-bond donors (Lipinski definition) is 2. The Labute approximate surface area is 130 Å². The first kappa shape index (κ1) is 18.6. The summed E-state index contributed by atoms with van der Waals surface area (Å²) in [5.74, 6) is -1.20. The van der Waals surface area contributed by atoms with Crippen LogP contribution < -0.4 is 4.72 Å². The highest BCUT2D eigenvalue weighted by Gasteiger charge is 2.27. The van der Waals surface area contributed by atoms with Gasteiger partial charge < -0.3 is 5.11 Å². The summed E-state index contributed by atoms with van der Waals surface area (Å²) in [7, 11) is -3.76. The molecular formula is C15H21FN2O3S. The molecule has 5 nitrogen and oxygen atoms in total. The molecule has 7 heteroatoms. The molecule has 0 aromatic heterocycles. The third-order valence-corrected chi connectivity index (χ3v) is 5.30. The Morgan fingerprint density at radius 1 is 1.36 bits per heavy atom. The van der Waals surface area contributed by atoms with E-state index in [-0.39, 0.29) is 24.3 Å². The maximum atomic E-state index is 13.7. The second-order valence-electron chi connectivity index (χ2n) is 5.36. The Morgan fingerprint density at radius 3 is 2.50 bits per heavy atom. The van der Waals surface area contributed by atoms with Gasteiger partial charge >= 0.3 is 0 Å². The van der Waals surface area contributed by atoms with E-state index in [1.165, 1.54) is 12.1 Å². The molecule has 0 radical (unpaired) electrons. The fraction of sp³-hybridized carbons (Fsp3) is 0.533. The average molecular weight is 328 g/mol. The Kier molecular flexibility index (Phi) is 6.48. The van der Waals surface area contributed by atoms with Crippen LogP contribution in [0, 0.1) is 22.6 Å². The lowest BCUT2D eigenvalue weighted by Gasteiger charge is -2.29. The molecule has 0 heterocycles. The first-order valence-corrected chi connectivity index (χ1v) is 8.73. The number of halogens is 1. The van der Waals surface area contributed by atoms with Crippen molar-refractivity contribution in [3.05, 3.63) is 35.1 Å². The second-order valence-corrected chi connectivity index (χ2v) is 7.17. The first-order chi connectivity index (χ1) is 10.3. The highest BCUT2D eigenvalue weighted by molar-refractivity contribution is 7.88. The fourth-order valence-corrected chi connectivity index (χ4v) is 3.31. The van der Waals surface area contributed by atoms with Gasteiger partial charge in [0.05, 0.1) is 17.4 Å². The van der Waals surface area contributed by atoms with Crippen LogP contribution in [0.5, 0.6) is 0 Å². The fourth-order valence-electron chi connectivity index (χ4n) is 2.05. The Morgan fingerprint density at radius 2 is 2.00 bits per heavy atom. The van der Waals surface area contributed by atoms with E-state index in [4.69, 9.17) is 5.26 Å². The summed E-state index contributed by atoms with van der Waals surface area (Å²) in [5, 5.41) is 18.2. The van der Waals surface area contributed by atoms with E-state index in [0.29, 0.717) is 12.8 Å². The summed E-state index contributed by atoms with van der Waals surface area (Å²) >= 11 is 0. The van der Waals surface area contributed by atoms with E-state index in [0.717, 1.165) is 6.07 Å². The topological polar surface area (TPSA) is 90.2 Å². The molecule has 0 atom stereocenters. The standard InChI is InChI=1S/C15H21FN2O3S/c1-3-15(4-2,11-19)10-18-22(20,21)9-13-7-12(8-17)5-6-14(13)16/h5-7,18-19H,3-4,9-11H2,1-2H3. The predicted molar refractivity (Wildman–Crippen MR) is 81.8 cm³/mol. The van der Waals surface area contributed by atoms with Crippen LogP contribution in [0.1, 0.15) is 37.8 Å². The highest BCUT2D eigenvalue weighted by atomic mass is 32.2. The van der Waals surface area contributed by atoms with Gasteiger partial charge in [0.15, 0.2) is 0 Å². The van der Waals surface area contributed by atoms with Crippen molar-refractivity contribution in [1.82, 2.24) is 4.72 Å². The van der Waals surface area contributed by atoms with E-state index in [1.807, 2.05) is 19.9 Å². The van der Waals surface area contributed by atoms with Crippen LogP contribution in [-0.4, -0.2) is 26.7 Å². The molecule has 22 heavy (non-hydrogen) atoms. The Bertz CT molecular complexity index is 641. The molecule has 1 aromatic carbocycles. The minimum Gasteiger partial charge on any atom is -0.396 e. The summed E-state index contributed by atoms with van der Waals surface area (Å²) in [6, 6.07) is 5.46. The first-order valence-electron chi connectivity index (χ1n) is 7.08. The van der Waals surface area contributed by atoms with Crippen molar-refractivity contribution in [3.8, 4) is 6.07 Å². The number of benzene rings is 1. The maximum absolute atomic E-state index is 13.7. The molecule has 0 spiro atoms. The van der Waals surface area contributed by atoms with Gasteiger partial charge in [0.25, 0.3) is 0 Å². The number of hydrogen-bond acceptors (Lipinski definition) is 4. The van der Waals surface area contributed by atoms with Gasteiger partial charge in [-0.25, -0.2) is 17.5 Å². The van der Waals surface area contributed by atoms with Gasteiger partial charge in [-0.1, -0.05) is 13.8 Å². The third kappa shape index (κ3) is 4.77. The van der Waals surface area contributed by atoms with Gasteiger partial charge in [-0.15, -0.1) is 0 Å².